The number of hydrogen-bond donors (Lipinski definition) is 0. The molecule has 0 aromatic heterocycles. The van der Waals surface area contributed by atoms with Crippen LogP contribution in [0.4, 0.5) is 0 Å². The Morgan fingerprint density at radius 1 is 0.773 bits per heavy atom. The highest BCUT2D eigenvalue weighted by Crippen LogP contribution is 2.43. The maximum atomic E-state index is 2.64. The zero-order valence-electron chi connectivity index (χ0n) is 14.7. The van der Waals surface area contributed by atoms with E-state index >= 15 is 0 Å². The standard InChI is InChI=1S/C19H26Si3/c1-20(2,3)22(21(4,5)6)18-12-11-16-15-10-8-7-9-14(15)13-17(16)19(18)22/h7-12H,13H2,1-6H3. The Morgan fingerprint density at radius 2 is 1.41 bits per heavy atom. The van der Waals surface area contributed by atoms with Gasteiger partial charge in [-0.1, -0.05) is 86.1 Å². The third-order valence-corrected chi connectivity index (χ3v) is 42.9. The summed E-state index contributed by atoms with van der Waals surface area (Å²) in [5.41, 5.74) is 6.34. The SMILES string of the molecule is C[Si](C)(C)[Si]1([Si](C)(C)C)c2ccc3c(c21)Cc1ccccc1-3. The van der Waals surface area contributed by atoms with Crippen LogP contribution in [0.15, 0.2) is 36.4 Å². The van der Waals surface area contributed by atoms with Crippen LogP contribution in [-0.2, 0) is 6.42 Å². The van der Waals surface area contributed by atoms with Crippen LogP contribution in [0.1, 0.15) is 11.1 Å². The van der Waals surface area contributed by atoms with Crippen molar-refractivity contribution in [2.24, 2.45) is 0 Å². The van der Waals surface area contributed by atoms with E-state index in [9.17, 15) is 0 Å². The van der Waals surface area contributed by atoms with Crippen molar-refractivity contribution in [1.82, 2.24) is 0 Å². The summed E-state index contributed by atoms with van der Waals surface area (Å²) in [5.74, 6) is 0. The van der Waals surface area contributed by atoms with Gasteiger partial charge in [-0.2, -0.15) is 0 Å². The molecule has 4 rings (SSSR count). The Morgan fingerprint density at radius 3 is 2.05 bits per heavy atom. The highest BCUT2D eigenvalue weighted by molar-refractivity contribution is 7.82. The molecule has 0 nitrogen and oxygen atoms in total. The Balaban J connectivity index is 1.96. The lowest BCUT2D eigenvalue weighted by atomic mass is 10.1. The molecule has 1 heterocycles. The molecule has 0 bridgehead atoms. The van der Waals surface area contributed by atoms with Gasteiger partial charge in [0.2, 0.25) is 0 Å². The van der Waals surface area contributed by atoms with Gasteiger partial charge in [0.15, 0.2) is 0 Å². The van der Waals surface area contributed by atoms with E-state index in [2.05, 4.69) is 75.7 Å². The molecule has 1 aliphatic carbocycles. The molecule has 2 aliphatic rings. The van der Waals surface area contributed by atoms with Gasteiger partial charge in [-0.25, -0.2) is 0 Å². The van der Waals surface area contributed by atoms with E-state index in [-0.39, 0.29) is 0 Å². The molecule has 0 unspecified atom stereocenters. The minimum Gasteiger partial charge on any atom is -0.0711 e. The van der Waals surface area contributed by atoms with Gasteiger partial charge in [0, 0.05) is 15.2 Å². The second kappa shape index (κ2) is 4.13. The fraction of sp³-hybridized carbons (Fsp3) is 0.368. The van der Waals surface area contributed by atoms with Crippen LogP contribution in [-0.4, -0.2) is 22.3 Å². The lowest BCUT2D eigenvalue weighted by Crippen LogP contribution is -2.69. The van der Waals surface area contributed by atoms with Crippen molar-refractivity contribution in [3.05, 3.63) is 47.5 Å². The van der Waals surface area contributed by atoms with E-state index in [1.807, 2.05) is 10.4 Å². The number of benzene rings is 2. The molecule has 22 heavy (non-hydrogen) atoms. The molecule has 0 saturated heterocycles. The first kappa shape index (κ1) is 14.7. The topological polar surface area (TPSA) is 0 Å². The second-order valence-electron chi connectivity index (χ2n) is 9.10. The molecule has 0 fully saturated rings. The predicted octanol–water partition coefficient (Wildman–Crippen LogP) is 3.97. The summed E-state index contributed by atoms with van der Waals surface area (Å²) in [6.45, 7) is 15.9. The first-order chi connectivity index (χ1) is 10.2. The molecule has 0 spiro atoms. The van der Waals surface area contributed by atoms with Crippen LogP contribution in [0.5, 0.6) is 0 Å². The van der Waals surface area contributed by atoms with Crippen molar-refractivity contribution in [1.29, 1.82) is 0 Å². The molecular formula is C19H26Si3. The molecule has 2 aromatic rings. The molecule has 114 valence electrons. The van der Waals surface area contributed by atoms with Crippen molar-refractivity contribution in [3.8, 4) is 11.1 Å². The summed E-state index contributed by atoms with van der Waals surface area (Å²) in [5, 5.41) is 3.77. The fourth-order valence-corrected chi connectivity index (χ4v) is 52.8. The second-order valence-corrected chi connectivity index (χ2v) is 35.6. The highest BCUT2D eigenvalue weighted by Gasteiger charge is 2.68. The zero-order valence-corrected chi connectivity index (χ0v) is 17.7. The summed E-state index contributed by atoms with van der Waals surface area (Å²) in [6.07, 6.45) is 1.19. The fourth-order valence-electron chi connectivity index (χ4n) is 5.55. The largest absolute Gasteiger partial charge is 0.103 e. The predicted molar refractivity (Wildman–Crippen MR) is 106 cm³/mol. The van der Waals surface area contributed by atoms with Crippen LogP contribution >= 0.6 is 0 Å². The quantitative estimate of drug-likeness (QED) is 0.620. The van der Waals surface area contributed by atoms with E-state index in [1.54, 1.807) is 16.7 Å². The number of hydrogen-bond acceptors (Lipinski definition) is 0. The summed E-state index contributed by atoms with van der Waals surface area (Å²) in [6, 6.07) is 14.0. The maximum absolute atomic E-state index is 2.64. The van der Waals surface area contributed by atoms with Crippen molar-refractivity contribution < 1.29 is 0 Å². The first-order valence-electron chi connectivity index (χ1n) is 8.45. The van der Waals surface area contributed by atoms with Gasteiger partial charge in [0.1, 0.15) is 7.11 Å². The van der Waals surface area contributed by atoms with E-state index in [0.717, 1.165) is 0 Å². The lowest BCUT2D eigenvalue weighted by Gasteiger charge is -2.38. The zero-order chi connectivity index (χ0) is 15.9. The van der Waals surface area contributed by atoms with E-state index in [4.69, 9.17) is 0 Å². The van der Waals surface area contributed by atoms with Crippen LogP contribution in [0.2, 0.25) is 39.3 Å². The average Bonchev–Trinajstić information content (AvgIpc) is 2.99. The summed E-state index contributed by atoms with van der Waals surface area (Å²) in [4.78, 5) is 0. The molecule has 0 radical (unpaired) electrons. The van der Waals surface area contributed by atoms with Crippen molar-refractivity contribution >= 4 is 32.7 Å². The Labute approximate surface area is 137 Å². The normalized spacial score (nSPS) is 17.7. The molecule has 0 saturated carbocycles. The van der Waals surface area contributed by atoms with E-state index in [0.29, 0.717) is 0 Å². The van der Waals surface area contributed by atoms with E-state index < -0.39 is 22.3 Å². The minimum atomic E-state index is -1.31. The molecule has 0 atom stereocenters. The van der Waals surface area contributed by atoms with Crippen molar-refractivity contribution in [2.75, 3.05) is 0 Å². The summed E-state index contributed by atoms with van der Waals surface area (Å²) >= 11 is 0. The molecule has 2 aromatic carbocycles. The van der Waals surface area contributed by atoms with Gasteiger partial charge in [0.25, 0.3) is 0 Å². The Bertz CT molecular complexity index is 777. The monoisotopic (exact) mass is 338 g/mol. The Hall–Kier alpha value is -0.909. The summed E-state index contributed by atoms with van der Waals surface area (Å²) < 4.78 is 0. The molecular weight excluding hydrogens is 312 g/mol. The first-order valence-corrected chi connectivity index (χ1v) is 19.4. The van der Waals surface area contributed by atoms with Crippen LogP contribution in [0.25, 0.3) is 11.1 Å². The van der Waals surface area contributed by atoms with Gasteiger partial charge < -0.3 is 0 Å². The van der Waals surface area contributed by atoms with Gasteiger partial charge in [0.05, 0.1) is 0 Å². The number of fused-ring (bicyclic) bond motifs is 5. The maximum Gasteiger partial charge on any atom is 0.103 e. The highest BCUT2D eigenvalue weighted by atomic mass is 29.6. The molecule has 0 N–H and O–H groups in total. The molecule has 0 amide bonds. The van der Waals surface area contributed by atoms with Crippen LogP contribution in [0.3, 0.4) is 0 Å². The van der Waals surface area contributed by atoms with Crippen LogP contribution < -0.4 is 10.4 Å². The summed E-state index contributed by atoms with van der Waals surface area (Å²) in [7, 11) is -3.63. The van der Waals surface area contributed by atoms with Gasteiger partial charge in [-0.05, 0) is 28.7 Å². The van der Waals surface area contributed by atoms with Crippen molar-refractivity contribution in [2.45, 2.75) is 45.7 Å². The van der Waals surface area contributed by atoms with Gasteiger partial charge in [-0.15, -0.1) is 0 Å². The molecule has 3 heteroatoms. The average molecular weight is 339 g/mol. The third kappa shape index (κ3) is 1.57. The Kier molecular flexibility index (Phi) is 2.76. The van der Waals surface area contributed by atoms with Gasteiger partial charge >= 0.3 is 0 Å². The van der Waals surface area contributed by atoms with E-state index in [1.165, 1.54) is 12.0 Å². The number of rotatable bonds is 2. The lowest BCUT2D eigenvalue weighted by molar-refractivity contribution is 1.28. The smallest absolute Gasteiger partial charge is 0.0711 e. The third-order valence-electron chi connectivity index (χ3n) is 5.95. The minimum absolute atomic E-state index is 1.16. The molecule has 1 aliphatic heterocycles. The van der Waals surface area contributed by atoms with Crippen molar-refractivity contribution in [3.63, 3.8) is 0 Å². The van der Waals surface area contributed by atoms with Gasteiger partial charge in [-0.3, -0.25) is 0 Å². The van der Waals surface area contributed by atoms with Crippen LogP contribution in [0, 0.1) is 0 Å².